The number of carbonyl (C=O) groups is 2. The van der Waals surface area contributed by atoms with Gasteiger partial charge in [-0.05, 0) is 45.0 Å². The molecule has 2 heterocycles. The molecule has 0 bridgehead atoms. The Labute approximate surface area is 190 Å². The average Bonchev–Trinajstić information content (AvgIpc) is 3.39. The zero-order valence-electron chi connectivity index (χ0n) is 18.5. The van der Waals surface area contributed by atoms with Crippen LogP contribution in [0.4, 0.5) is 10.1 Å². The molecule has 1 aliphatic rings. The Morgan fingerprint density at radius 2 is 1.94 bits per heavy atom. The minimum Gasteiger partial charge on any atom is -0.453 e. The lowest BCUT2D eigenvalue weighted by molar-refractivity contribution is -0.157. The predicted octanol–water partition coefficient (Wildman–Crippen LogP) is 3.61. The molecule has 1 unspecified atom stereocenters. The fourth-order valence-corrected chi connectivity index (χ4v) is 3.51. The number of carbonyl (C=O) groups excluding carboxylic acids is 2. The lowest BCUT2D eigenvalue weighted by Crippen LogP contribution is -2.28. The first-order chi connectivity index (χ1) is 15.8. The van der Waals surface area contributed by atoms with Crippen molar-refractivity contribution in [3.8, 4) is 5.69 Å². The Bertz CT molecular complexity index is 1230. The zero-order valence-corrected chi connectivity index (χ0v) is 18.5. The third kappa shape index (κ3) is 4.92. The van der Waals surface area contributed by atoms with E-state index in [-0.39, 0.29) is 6.42 Å². The summed E-state index contributed by atoms with van der Waals surface area (Å²) in [6.07, 6.45) is -0.852. The van der Waals surface area contributed by atoms with E-state index >= 15 is 0 Å². The molecular formula is C24H23FN4O4. The summed E-state index contributed by atoms with van der Waals surface area (Å²) in [5.41, 5.74) is 4.93. The number of oxime groups is 1. The maximum atomic E-state index is 13.4. The molecule has 3 aromatic rings. The van der Waals surface area contributed by atoms with Crippen LogP contribution in [0.2, 0.25) is 0 Å². The highest BCUT2D eigenvalue weighted by atomic mass is 19.1. The van der Waals surface area contributed by atoms with Gasteiger partial charge in [0, 0.05) is 12.0 Å². The molecule has 1 N–H and O–H groups in total. The molecular weight excluding hydrogens is 427 g/mol. The molecule has 8 nitrogen and oxygen atoms in total. The molecule has 170 valence electrons. The number of nitrogens with one attached hydrogen (secondary N) is 1. The van der Waals surface area contributed by atoms with Crippen molar-refractivity contribution in [3.05, 3.63) is 76.9 Å². The number of nitrogens with zero attached hydrogens (tertiary/aromatic N) is 3. The molecule has 0 aliphatic carbocycles. The van der Waals surface area contributed by atoms with E-state index in [1.807, 2.05) is 38.1 Å². The summed E-state index contributed by atoms with van der Waals surface area (Å²) in [6, 6.07) is 13.7. The van der Waals surface area contributed by atoms with Crippen LogP contribution >= 0.6 is 0 Å². The number of benzene rings is 2. The normalized spacial score (nSPS) is 15.0. The van der Waals surface area contributed by atoms with E-state index in [0.717, 1.165) is 16.9 Å². The van der Waals surface area contributed by atoms with E-state index < -0.39 is 30.4 Å². The lowest BCUT2D eigenvalue weighted by atomic mass is 10.1. The minimum absolute atomic E-state index is 0.130. The number of rotatable bonds is 6. The van der Waals surface area contributed by atoms with Gasteiger partial charge < -0.3 is 14.9 Å². The van der Waals surface area contributed by atoms with Crippen molar-refractivity contribution in [2.24, 2.45) is 5.16 Å². The van der Waals surface area contributed by atoms with E-state index in [9.17, 15) is 14.0 Å². The van der Waals surface area contributed by atoms with Crippen molar-refractivity contribution in [3.63, 3.8) is 0 Å². The van der Waals surface area contributed by atoms with Gasteiger partial charge in [-0.25, -0.2) is 13.9 Å². The monoisotopic (exact) mass is 450 g/mol. The number of hydrogen-bond acceptors (Lipinski definition) is 6. The van der Waals surface area contributed by atoms with Crippen molar-refractivity contribution in [2.45, 2.75) is 33.3 Å². The van der Waals surface area contributed by atoms with Gasteiger partial charge in [0.05, 0.1) is 28.5 Å². The van der Waals surface area contributed by atoms with Crippen LogP contribution in [0, 0.1) is 26.6 Å². The Kier molecular flexibility index (Phi) is 6.21. The van der Waals surface area contributed by atoms with Crippen LogP contribution in [0.25, 0.3) is 5.69 Å². The lowest BCUT2D eigenvalue weighted by Gasteiger charge is -2.10. The van der Waals surface area contributed by atoms with Crippen LogP contribution in [-0.2, 0) is 19.2 Å². The zero-order chi connectivity index (χ0) is 23.5. The predicted molar refractivity (Wildman–Crippen MR) is 120 cm³/mol. The van der Waals surface area contributed by atoms with Crippen molar-refractivity contribution >= 4 is 23.3 Å². The molecule has 0 saturated carbocycles. The smallest absolute Gasteiger partial charge is 0.351 e. The second-order valence-electron chi connectivity index (χ2n) is 7.80. The first-order valence-electron chi connectivity index (χ1n) is 10.4. The van der Waals surface area contributed by atoms with Crippen molar-refractivity contribution in [2.75, 3.05) is 11.9 Å². The van der Waals surface area contributed by atoms with Crippen molar-refractivity contribution < 1.29 is 23.6 Å². The topological polar surface area (TPSA) is 94.8 Å². The highest BCUT2D eigenvalue weighted by molar-refractivity contribution is 6.03. The molecule has 9 heteroatoms. The Balaban J connectivity index is 1.33. The molecule has 0 radical (unpaired) electrons. The summed E-state index contributed by atoms with van der Waals surface area (Å²) < 4.78 is 20.2. The Morgan fingerprint density at radius 3 is 2.67 bits per heavy atom. The number of aryl methyl sites for hydroxylation is 2. The minimum atomic E-state index is -0.983. The second-order valence-corrected chi connectivity index (χ2v) is 7.80. The molecule has 0 saturated heterocycles. The van der Waals surface area contributed by atoms with Gasteiger partial charge in [0.1, 0.15) is 5.82 Å². The number of aromatic nitrogens is 2. The third-order valence-corrected chi connectivity index (χ3v) is 5.27. The van der Waals surface area contributed by atoms with Crippen LogP contribution in [0.3, 0.4) is 0 Å². The molecule has 2 aromatic carbocycles. The fraction of sp³-hybridized carbons (Fsp3) is 0.250. The quantitative estimate of drug-likeness (QED) is 0.579. The van der Waals surface area contributed by atoms with Gasteiger partial charge in [0.2, 0.25) is 6.10 Å². The number of anilines is 1. The van der Waals surface area contributed by atoms with Gasteiger partial charge in [0.25, 0.3) is 5.91 Å². The van der Waals surface area contributed by atoms with Crippen LogP contribution in [-0.4, -0.2) is 40.1 Å². The molecule has 4 rings (SSSR count). The van der Waals surface area contributed by atoms with Crippen LogP contribution in [0.15, 0.2) is 53.7 Å². The van der Waals surface area contributed by atoms with Gasteiger partial charge >= 0.3 is 5.97 Å². The van der Waals surface area contributed by atoms with E-state index in [0.29, 0.717) is 22.7 Å². The molecule has 1 aromatic heterocycles. The summed E-state index contributed by atoms with van der Waals surface area (Å²) in [6.45, 7) is 5.15. The molecule has 33 heavy (non-hydrogen) atoms. The fourth-order valence-electron chi connectivity index (χ4n) is 3.51. The van der Waals surface area contributed by atoms with E-state index in [1.54, 1.807) is 23.7 Å². The third-order valence-electron chi connectivity index (χ3n) is 5.27. The standard InChI is InChI=1S/C24H23FN4O4/c1-14-7-9-19(10-8-14)29-16(3)23(15(2)27-29)26-22(30)13-32-24(31)21-12-20(28-33-21)17-5-4-6-18(25)11-17/h4-11,21H,12-13H2,1-3H3,(H,26,30). The Hall–Kier alpha value is -4.01. The van der Waals surface area contributed by atoms with E-state index in [4.69, 9.17) is 9.57 Å². The van der Waals surface area contributed by atoms with Gasteiger partial charge in [-0.15, -0.1) is 0 Å². The molecule has 0 fully saturated rings. The highest BCUT2D eigenvalue weighted by Gasteiger charge is 2.31. The van der Waals surface area contributed by atoms with Gasteiger partial charge in [0.15, 0.2) is 6.61 Å². The number of amides is 1. The molecule has 1 atom stereocenters. The summed E-state index contributed by atoms with van der Waals surface area (Å²) >= 11 is 0. The van der Waals surface area contributed by atoms with Gasteiger partial charge in [-0.1, -0.05) is 35.0 Å². The second kappa shape index (κ2) is 9.23. The van der Waals surface area contributed by atoms with Crippen molar-refractivity contribution in [1.82, 2.24) is 9.78 Å². The summed E-state index contributed by atoms with van der Waals surface area (Å²) in [7, 11) is 0. The number of hydrogen-bond donors (Lipinski definition) is 1. The maximum Gasteiger partial charge on any atom is 0.351 e. The first kappa shape index (κ1) is 22.2. The van der Waals surface area contributed by atoms with Gasteiger partial charge in [-0.2, -0.15) is 5.10 Å². The first-order valence-corrected chi connectivity index (χ1v) is 10.4. The SMILES string of the molecule is Cc1ccc(-n2nc(C)c(NC(=O)COC(=O)C3CC(c4cccc(F)c4)=NO3)c2C)cc1. The number of halogens is 1. The Morgan fingerprint density at radius 1 is 1.18 bits per heavy atom. The molecule has 1 aliphatic heterocycles. The average molecular weight is 450 g/mol. The summed E-state index contributed by atoms with van der Waals surface area (Å²) in [5, 5.41) is 11.1. The number of esters is 1. The van der Waals surface area contributed by atoms with E-state index in [2.05, 4.69) is 15.6 Å². The van der Waals surface area contributed by atoms with E-state index in [1.165, 1.54) is 12.1 Å². The van der Waals surface area contributed by atoms with Gasteiger partial charge in [-0.3, -0.25) is 4.79 Å². The van der Waals surface area contributed by atoms with Crippen molar-refractivity contribution in [1.29, 1.82) is 0 Å². The maximum absolute atomic E-state index is 13.4. The van der Waals surface area contributed by atoms with Crippen LogP contribution < -0.4 is 5.32 Å². The highest BCUT2D eigenvalue weighted by Crippen LogP contribution is 2.23. The molecule has 0 spiro atoms. The molecule has 1 amide bonds. The summed E-state index contributed by atoms with van der Waals surface area (Å²) in [4.78, 5) is 29.8. The van der Waals surface area contributed by atoms with Crippen LogP contribution in [0.5, 0.6) is 0 Å². The van der Waals surface area contributed by atoms with Crippen LogP contribution in [0.1, 0.15) is 28.9 Å². The largest absolute Gasteiger partial charge is 0.453 e. The summed E-state index contributed by atoms with van der Waals surface area (Å²) in [5.74, 6) is -1.62. The number of ether oxygens (including phenoxy) is 1.